The fourth-order valence-electron chi connectivity index (χ4n) is 3.17. The zero-order valence-corrected chi connectivity index (χ0v) is 15.4. The molecule has 0 aliphatic carbocycles. The van der Waals surface area contributed by atoms with Crippen LogP contribution in [0.2, 0.25) is 5.02 Å². The molecule has 1 saturated heterocycles. The van der Waals surface area contributed by atoms with E-state index in [1.807, 2.05) is 0 Å². The van der Waals surface area contributed by atoms with E-state index in [-0.39, 0.29) is 11.8 Å². The predicted molar refractivity (Wildman–Crippen MR) is 100 cm³/mol. The van der Waals surface area contributed by atoms with E-state index in [1.54, 1.807) is 42.7 Å². The lowest BCUT2D eigenvalue weighted by atomic mass is 9.97. The Morgan fingerprint density at radius 3 is 2.67 bits per heavy atom. The average Bonchev–Trinajstić information content (AvgIpc) is 3.36. The first-order valence-corrected chi connectivity index (χ1v) is 9.20. The van der Waals surface area contributed by atoms with Gasteiger partial charge in [-0.3, -0.25) is 9.69 Å². The fraction of sp³-hybridized carbons (Fsp3) is 0.316. The molecule has 4 rings (SSSR count). The monoisotopic (exact) mass is 386 g/mol. The number of anilines is 1. The molecule has 1 aromatic carbocycles. The average molecular weight is 387 g/mol. The van der Waals surface area contributed by atoms with Crippen molar-refractivity contribution >= 4 is 23.2 Å². The number of likely N-dealkylation sites (tertiary alicyclic amines) is 1. The summed E-state index contributed by atoms with van der Waals surface area (Å²) in [5, 5.41) is 11.7. The largest absolute Gasteiger partial charge is 0.459 e. The Bertz CT molecular complexity index is 884. The number of carbonyl (C=O) groups is 1. The molecule has 0 radical (unpaired) electrons. The number of carbonyl (C=O) groups excluding carboxylic acids is 1. The molecule has 1 aliphatic rings. The molecule has 0 unspecified atom stereocenters. The lowest BCUT2D eigenvalue weighted by molar-refractivity contribution is -0.117. The van der Waals surface area contributed by atoms with E-state index in [9.17, 15) is 4.79 Å². The van der Waals surface area contributed by atoms with Gasteiger partial charge >= 0.3 is 0 Å². The van der Waals surface area contributed by atoms with Crippen molar-refractivity contribution in [2.24, 2.45) is 0 Å². The summed E-state index contributed by atoms with van der Waals surface area (Å²) in [5.41, 5.74) is 0.746. The quantitative estimate of drug-likeness (QED) is 0.717. The van der Waals surface area contributed by atoms with Gasteiger partial charge in [0.1, 0.15) is 0 Å². The van der Waals surface area contributed by atoms with Crippen molar-refractivity contribution in [2.75, 3.05) is 25.0 Å². The summed E-state index contributed by atoms with van der Waals surface area (Å²) in [7, 11) is 0. The molecule has 1 fully saturated rings. The van der Waals surface area contributed by atoms with Crippen LogP contribution in [0.3, 0.4) is 0 Å². The molecule has 8 heteroatoms. The number of nitrogens with zero attached hydrogens (tertiary/aromatic N) is 3. The van der Waals surface area contributed by atoms with Gasteiger partial charge in [0.25, 0.3) is 5.89 Å². The van der Waals surface area contributed by atoms with Gasteiger partial charge in [0.2, 0.25) is 11.8 Å². The molecule has 3 heterocycles. The van der Waals surface area contributed by atoms with E-state index in [4.69, 9.17) is 20.4 Å². The fourth-order valence-corrected chi connectivity index (χ4v) is 3.30. The minimum Gasteiger partial charge on any atom is -0.459 e. The van der Waals surface area contributed by atoms with Crippen molar-refractivity contribution in [1.29, 1.82) is 0 Å². The minimum absolute atomic E-state index is 0.0336. The number of aromatic nitrogens is 2. The minimum atomic E-state index is -0.0336. The molecule has 1 amide bonds. The van der Waals surface area contributed by atoms with E-state index < -0.39 is 0 Å². The molecule has 2 aromatic heterocycles. The normalized spacial score (nSPS) is 15.7. The van der Waals surface area contributed by atoms with Crippen molar-refractivity contribution in [3.63, 3.8) is 0 Å². The number of rotatable bonds is 5. The molecule has 1 aliphatic heterocycles. The summed E-state index contributed by atoms with van der Waals surface area (Å²) >= 11 is 5.86. The Kier molecular flexibility index (Phi) is 5.22. The Hall–Kier alpha value is -2.64. The van der Waals surface area contributed by atoms with Crippen LogP contribution in [-0.4, -0.2) is 40.6 Å². The van der Waals surface area contributed by atoms with E-state index in [0.29, 0.717) is 29.1 Å². The molecule has 0 spiro atoms. The predicted octanol–water partition coefficient (Wildman–Crippen LogP) is 3.80. The van der Waals surface area contributed by atoms with Crippen LogP contribution in [0, 0.1) is 0 Å². The van der Waals surface area contributed by atoms with Crippen molar-refractivity contribution in [1.82, 2.24) is 15.1 Å². The highest BCUT2D eigenvalue weighted by molar-refractivity contribution is 6.30. The van der Waals surface area contributed by atoms with Gasteiger partial charge in [-0.15, -0.1) is 10.2 Å². The summed E-state index contributed by atoms with van der Waals surface area (Å²) < 4.78 is 11.0. The zero-order chi connectivity index (χ0) is 18.6. The van der Waals surface area contributed by atoms with Gasteiger partial charge in [-0.25, -0.2) is 0 Å². The Morgan fingerprint density at radius 1 is 1.19 bits per heavy atom. The van der Waals surface area contributed by atoms with Crippen molar-refractivity contribution in [3.05, 3.63) is 53.6 Å². The number of amides is 1. The summed E-state index contributed by atoms with van der Waals surface area (Å²) in [4.78, 5) is 14.3. The maximum atomic E-state index is 12.2. The third kappa shape index (κ3) is 4.37. The third-order valence-electron chi connectivity index (χ3n) is 4.60. The van der Waals surface area contributed by atoms with Crippen LogP contribution in [0.1, 0.15) is 24.7 Å². The molecule has 3 aromatic rings. The molecule has 27 heavy (non-hydrogen) atoms. The highest BCUT2D eigenvalue weighted by Gasteiger charge is 2.26. The number of halogens is 1. The highest BCUT2D eigenvalue weighted by atomic mass is 35.5. The van der Waals surface area contributed by atoms with Crippen LogP contribution in [0.4, 0.5) is 5.69 Å². The molecular formula is C19H19ClN4O3. The van der Waals surface area contributed by atoms with Crippen LogP contribution in [0.25, 0.3) is 11.7 Å². The molecule has 0 bridgehead atoms. The van der Waals surface area contributed by atoms with E-state index in [0.717, 1.165) is 31.6 Å². The number of hydrogen-bond donors (Lipinski definition) is 1. The van der Waals surface area contributed by atoms with Crippen molar-refractivity contribution in [2.45, 2.75) is 18.8 Å². The van der Waals surface area contributed by atoms with Crippen LogP contribution >= 0.6 is 11.6 Å². The molecule has 1 N–H and O–H groups in total. The summed E-state index contributed by atoms with van der Waals surface area (Å²) in [6.45, 7) is 1.96. The standard InChI is InChI=1S/C19H19ClN4O3/c20-14-3-5-15(6-4-14)21-17(25)12-24-9-7-13(8-10-24)18-22-23-19(27-18)16-2-1-11-26-16/h1-6,11,13H,7-10,12H2,(H,21,25). The van der Waals surface area contributed by atoms with Gasteiger partial charge in [0.15, 0.2) is 5.76 Å². The van der Waals surface area contributed by atoms with E-state index in [2.05, 4.69) is 20.4 Å². The SMILES string of the molecule is O=C(CN1CCC(c2nnc(-c3ccco3)o2)CC1)Nc1ccc(Cl)cc1. The van der Waals surface area contributed by atoms with E-state index in [1.165, 1.54) is 0 Å². The number of hydrogen-bond acceptors (Lipinski definition) is 6. The lowest BCUT2D eigenvalue weighted by Crippen LogP contribution is -2.38. The first-order valence-electron chi connectivity index (χ1n) is 8.82. The Balaban J connectivity index is 1.27. The lowest BCUT2D eigenvalue weighted by Gasteiger charge is -2.29. The third-order valence-corrected chi connectivity index (χ3v) is 4.86. The maximum Gasteiger partial charge on any atom is 0.283 e. The second kappa shape index (κ2) is 7.94. The number of piperidine rings is 1. The van der Waals surface area contributed by atoms with Gasteiger partial charge in [0.05, 0.1) is 12.8 Å². The molecular weight excluding hydrogens is 368 g/mol. The summed E-state index contributed by atoms with van der Waals surface area (Å²) in [5.74, 6) is 1.78. The first kappa shape index (κ1) is 17.8. The Morgan fingerprint density at radius 2 is 1.96 bits per heavy atom. The van der Waals surface area contributed by atoms with Crippen molar-refractivity contribution in [3.8, 4) is 11.7 Å². The first-order chi connectivity index (χ1) is 13.2. The zero-order valence-electron chi connectivity index (χ0n) is 14.6. The van der Waals surface area contributed by atoms with Crippen LogP contribution in [-0.2, 0) is 4.79 Å². The van der Waals surface area contributed by atoms with Gasteiger partial charge in [-0.05, 0) is 62.3 Å². The Labute approximate surface area is 161 Å². The smallest absolute Gasteiger partial charge is 0.283 e. The van der Waals surface area contributed by atoms with Crippen LogP contribution in [0.5, 0.6) is 0 Å². The summed E-state index contributed by atoms with van der Waals surface area (Å²) in [6.07, 6.45) is 3.31. The second-order valence-corrected chi connectivity index (χ2v) is 6.96. The van der Waals surface area contributed by atoms with E-state index >= 15 is 0 Å². The summed E-state index contributed by atoms with van der Waals surface area (Å²) in [6, 6.07) is 10.7. The van der Waals surface area contributed by atoms with Gasteiger partial charge < -0.3 is 14.2 Å². The number of benzene rings is 1. The second-order valence-electron chi connectivity index (χ2n) is 6.53. The molecule has 0 saturated carbocycles. The van der Waals surface area contributed by atoms with Gasteiger partial charge in [-0.1, -0.05) is 11.6 Å². The van der Waals surface area contributed by atoms with Crippen LogP contribution < -0.4 is 5.32 Å². The maximum absolute atomic E-state index is 12.2. The number of nitrogens with one attached hydrogen (secondary N) is 1. The molecule has 0 atom stereocenters. The topological polar surface area (TPSA) is 84.4 Å². The molecule has 7 nitrogen and oxygen atoms in total. The van der Waals surface area contributed by atoms with Crippen LogP contribution in [0.15, 0.2) is 51.5 Å². The van der Waals surface area contributed by atoms with Crippen molar-refractivity contribution < 1.29 is 13.6 Å². The molecule has 140 valence electrons. The number of furan rings is 1. The highest BCUT2D eigenvalue weighted by Crippen LogP contribution is 2.29. The van der Waals surface area contributed by atoms with Gasteiger partial charge in [0, 0.05) is 16.6 Å². The van der Waals surface area contributed by atoms with Gasteiger partial charge in [-0.2, -0.15) is 0 Å².